The van der Waals surface area contributed by atoms with Crippen LogP contribution in [0.1, 0.15) is 11.1 Å². The number of nitrogens with one attached hydrogen (secondary N) is 2. The van der Waals surface area contributed by atoms with Gasteiger partial charge in [-0.1, -0.05) is 12.1 Å². The van der Waals surface area contributed by atoms with Crippen molar-refractivity contribution in [3.05, 3.63) is 76.5 Å². The summed E-state index contributed by atoms with van der Waals surface area (Å²) in [6.07, 6.45) is 3.33. The molecular formula is C22H22BrN3O4S. The normalized spacial score (nSPS) is 11.1. The number of benzene rings is 2. The molecule has 1 heterocycles. The van der Waals surface area contributed by atoms with Crippen molar-refractivity contribution in [1.29, 1.82) is 0 Å². The Morgan fingerprint density at radius 3 is 2.65 bits per heavy atom. The molecule has 2 aromatic carbocycles. The summed E-state index contributed by atoms with van der Waals surface area (Å²) in [5.41, 5.74) is 2.02. The molecule has 0 radical (unpaired) electrons. The molecule has 0 fully saturated rings. The predicted molar refractivity (Wildman–Crippen MR) is 122 cm³/mol. The summed E-state index contributed by atoms with van der Waals surface area (Å²) in [6, 6.07) is 13.3. The quantitative estimate of drug-likeness (QED) is 0.486. The molecule has 3 rings (SSSR count). The minimum atomic E-state index is -3.83. The Kier molecular flexibility index (Phi) is 7.29. The Bertz CT molecular complexity index is 1180. The number of methoxy groups -OCH3 is 1. The van der Waals surface area contributed by atoms with E-state index in [0.717, 1.165) is 11.1 Å². The summed E-state index contributed by atoms with van der Waals surface area (Å²) >= 11 is 3.33. The Labute approximate surface area is 189 Å². The standard InChI is InChI=1S/C22H22BrN3O4S/c1-15-5-7-19(25-14-22(27)26-13-16-4-3-9-24-12-16)21(10-15)31(28,29)17-6-8-20(30-2)18(23)11-17/h3-12,25H,13-14H2,1-2H3,(H,26,27). The summed E-state index contributed by atoms with van der Waals surface area (Å²) in [4.78, 5) is 16.5. The number of rotatable bonds is 8. The van der Waals surface area contributed by atoms with E-state index in [1.807, 2.05) is 13.0 Å². The molecule has 0 unspecified atom stereocenters. The molecule has 1 aromatic heterocycles. The molecule has 0 aliphatic rings. The van der Waals surface area contributed by atoms with E-state index in [1.165, 1.54) is 19.2 Å². The molecule has 0 atom stereocenters. The molecule has 0 bridgehead atoms. The molecule has 3 aromatic rings. The minimum Gasteiger partial charge on any atom is -0.496 e. The van der Waals surface area contributed by atoms with Crippen molar-refractivity contribution < 1.29 is 17.9 Å². The van der Waals surface area contributed by atoms with Gasteiger partial charge in [-0.05, 0) is 70.4 Å². The Morgan fingerprint density at radius 1 is 1.16 bits per heavy atom. The largest absolute Gasteiger partial charge is 0.496 e. The van der Waals surface area contributed by atoms with E-state index in [4.69, 9.17) is 4.74 Å². The number of carbonyl (C=O) groups is 1. The molecule has 0 spiro atoms. The maximum Gasteiger partial charge on any atom is 0.239 e. The van der Waals surface area contributed by atoms with Crippen LogP contribution < -0.4 is 15.4 Å². The van der Waals surface area contributed by atoms with Crippen LogP contribution in [0.2, 0.25) is 0 Å². The highest BCUT2D eigenvalue weighted by molar-refractivity contribution is 9.10. The first-order chi connectivity index (χ1) is 14.8. The summed E-state index contributed by atoms with van der Waals surface area (Å²) in [6.45, 7) is 2.08. The molecule has 0 saturated carbocycles. The first-order valence-corrected chi connectivity index (χ1v) is 11.7. The monoisotopic (exact) mass is 503 g/mol. The number of pyridine rings is 1. The predicted octanol–water partition coefficient (Wildman–Crippen LogP) is 3.72. The lowest BCUT2D eigenvalue weighted by Gasteiger charge is -2.14. The van der Waals surface area contributed by atoms with Gasteiger partial charge in [0, 0.05) is 18.9 Å². The Balaban J connectivity index is 1.78. The number of hydrogen-bond acceptors (Lipinski definition) is 6. The third-order valence-corrected chi connectivity index (χ3v) is 6.92. The zero-order chi connectivity index (χ0) is 22.4. The van der Waals surface area contributed by atoms with Crippen molar-refractivity contribution in [3.63, 3.8) is 0 Å². The van der Waals surface area contributed by atoms with E-state index >= 15 is 0 Å². The fourth-order valence-electron chi connectivity index (χ4n) is 2.88. The lowest BCUT2D eigenvalue weighted by atomic mass is 10.2. The van der Waals surface area contributed by atoms with Gasteiger partial charge in [0.2, 0.25) is 15.7 Å². The molecule has 31 heavy (non-hydrogen) atoms. The molecule has 0 aliphatic carbocycles. The Hall–Kier alpha value is -2.91. The SMILES string of the molecule is COc1ccc(S(=O)(=O)c2cc(C)ccc2NCC(=O)NCc2cccnc2)cc1Br. The zero-order valence-electron chi connectivity index (χ0n) is 17.1. The number of aromatic nitrogens is 1. The van der Waals surface area contributed by atoms with Gasteiger partial charge in [0.05, 0.1) is 33.6 Å². The second-order valence-corrected chi connectivity index (χ2v) is 9.56. The first kappa shape index (κ1) is 22.8. The zero-order valence-corrected chi connectivity index (χ0v) is 19.5. The van der Waals surface area contributed by atoms with E-state index in [0.29, 0.717) is 22.5 Å². The number of aryl methyl sites for hydroxylation is 1. The molecule has 7 nitrogen and oxygen atoms in total. The third-order valence-electron chi connectivity index (χ3n) is 4.51. The molecular weight excluding hydrogens is 482 g/mol. The topological polar surface area (TPSA) is 97.4 Å². The summed E-state index contributed by atoms with van der Waals surface area (Å²) in [5, 5.41) is 5.73. The molecule has 162 valence electrons. The van der Waals surface area contributed by atoms with Crippen molar-refractivity contribution >= 4 is 37.4 Å². The maximum atomic E-state index is 13.3. The third kappa shape index (κ3) is 5.62. The number of hydrogen-bond donors (Lipinski definition) is 2. The number of amides is 1. The van der Waals surface area contributed by atoms with Crippen LogP contribution in [0, 0.1) is 6.92 Å². The summed E-state index contributed by atoms with van der Waals surface area (Å²) < 4.78 is 32.3. The number of nitrogens with zero attached hydrogens (tertiary/aromatic N) is 1. The van der Waals surface area contributed by atoms with Crippen LogP contribution in [-0.2, 0) is 21.2 Å². The number of ether oxygens (including phenoxy) is 1. The van der Waals surface area contributed by atoms with Crippen LogP contribution in [0.5, 0.6) is 5.75 Å². The lowest BCUT2D eigenvalue weighted by molar-refractivity contribution is -0.119. The van der Waals surface area contributed by atoms with Gasteiger partial charge in [-0.25, -0.2) is 8.42 Å². The maximum absolute atomic E-state index is 13.3. The van der Waals surface area contributed by atoms with Crippen molar-refractivity contribution in [2.24, 2.45) is 0 Å². The lowest BCUT2D eigenvalue weighted by Crippen LogP contribution is -2.29. The highest BCUT2D eigenvalue weighted by Crippen LogP contribution is 2.33. The summed E-state index contributed by atoms with van der Waals surface area (Å²) in [7, 11) is -2.32. The van der Waals surface area contributed by atoms with Gasteiger partial charge in [0.15, 0.2) is 0 Å². The van der Waals surface area contributed by atoms with Gasteiger partial charge >= 0.3 is 0 Å². The van der Waals surface area contributed by atoms with Gasteiger partial charge in [-0.15, -0.1) is 0 Å². The van der Waals surface area contributed by atoms with Gasteiger partial charge < -0.3 is 15.4 Å². The number of anilines is 1. The number of halogens is 1. The van der Waals surface area contributed by atoms with E-state index < -0.39 is 9.84 Å². The van der Waals surface area contributed by atoms with Crippen LogP contribution in [0.15, 0.2) is 75.2 Å². The fraction of sp³-hybridized carbons (Fsp3) is 0.182. The average molecular weight is 504 g/mol. The van der Waals surface area contributed by atoms with E-state index in [9.17, 15) is 13.2 Å². The molecule has 0 saturated heterocycles. The Morgan fingerprint density at radius 2 is 1.97 bits per heavy atom. The second kappa shape index (κ2) is 9.93. The van der Waals surface area contributed by atoms with Gasteiger partial charge in [0.1, 0.15) is 5.75 Å². The highest BCUT2D eigenvalue weighted by Gasteiger charge is 2.23. The minimum absolute atomic E-state index is 0.0713. The van der Waals surface area contributed by atoms with Gasteiger partial charge in [-0.2, -0.15) is 0 Å². The van der Waals surface area contributed by atoms with Crippen molar-refractivity contribution in [2.75, 3.05) is 19.0 Å². The van der Waals surface area contributed by atoms with E-state index in [1.54, 1.807) is 42.7 Å². The number of carbonyl (C=O) groups excluding carboxylic acids is 1. The number of sulfone groups is 1. The fourth-order valence-corrected chi connectivity index (χ4v) is 5.12. The molecule has 2 N–H and O–H groups in total. The van der Waals surface area contributed by atoms with Crippen LogP contribution >= 0.6 is 15.9 Å². The first-order valence-electron chi connectivity index (χ1n) is 9.40. The van der Waals surface area contributed by atoms with Gasteiger partial charge in [0.25, 0.3) is 0 Å². The van der Waals surface area contributed by atoms with Crippen molar-refractivity contribution in [3.8, 4) is 5.75 Å². The van der Waals surface area contributed by atoms with Crippen LogP contribution in [0.3, 0.4) is 0 Å². The van der Waals surface area contributed by atoms with E-state index in [-0.39, 0.29) is 22.2 Å². The summed E-state index contributed by atoms with van der Waals surface area (Å²) in [5.74, 6) is 0.270. The molecule has 9 heteroatoms. The molecule has 1 amide bonds. The van der Waals surface area contributed by atoms with E-state index in [2.05, 4.69) is 31.5 Å². The average Bonchev–Trinajstić information content (AvgIpc) is 2.77. The van der Waals surface area contributed by atoms with Crippen LogP contribution in [-0.4, -0.2) is 33.0 Å². The smallest absolute Gasteiger partial charge is 0.239 e. The second-order valence-electron chi connectivity index (χ2n) is 6.79. The van der Waals surface area contributed by atoms with Crippen molar-refractivity contribution in [1.82, 2.24) is 10.3 Å². The van der Waals surface area contributed by atoms with Gasteiger partial charge in [-0.3, -0.25) is 9.78 Å². The van der Waals surface area contributed by atoms with Crippen LogP contribution in [0.4, 0.5) is 5.69 Å². The van der Waals surface area contributed by atoms with Crippen molar-refractivity contribution in [2.45, 2.75) is 23.3 Å². The highest BCUT2D eigenvalue weighted by atomic mass is 79.9. The van der Waals surface area contributed by atoms with Crippen LogP contribution in [0.25, 0.3) is 0 Å². The molecule has 0 aliphatic heterocycles.